The maximum absolute atomic E-state index is 12.9. The van der Waals surface area contributed by atoms with Gasteiger partial charge in [0.05, 0.1) is 15.9 Å². The van der Waals surface area contributed by atoms with Crippen molar-refractivity contribution >= 4 is 23.3 Å². The van der Waals surface area contributed by atoms with Crippen LogP contribution in [0, 0.1) is 13.8 Å². The molecule has 7 heteroatoms. The second kappa shape index (κ2) is 6.60. The van der Waals surface area contributed by atoms with Crippen LogP contribution in [-0.2, 0) is 0 Å². The van der Waals surface area contributed by atoms with Gasteiger partial charge in [0, 0.05) is 13.1 Å². The molecule has 3 rings (SSSR count). The van der Waals surface area contributed by atoms with Gasteiger partial charge in [-0.3, -0.25) is 4.79 Å². The van der Waals surface area contributed by atoms with E-state index in [9.17, 15) is 9.59 Å². The zero-order chi connectivity index (χ0) is 17.3. The van der Waals surface area contributed by atoms with Crippen LogP contribution in [0.15, 0.2) is 24.3 Å². The van der Waals surface area contributed by atoms with E-state index in [0.717, 1.165) is 27.4 Å². The number of thiazole rings is 1. The molecule has 0 saturated carbocycles. The summed E-state index contributed by atoms with van der Waals surface area (Å²) in [6, 6.07) is 7.93. The normalized spacial score (nSPS) is 16.6. The molecule has 0 radical (unpaired) electrons. The predicted molar refractivity (Wildman–Crippen MR) is 92.5 cm³/mol. The van der Waals surface area contributed by atoms with Crippen molar-refractivity contribution in [1.29, 1.82) is 0 Å². The Morgan fingerprint density at radius 3 is 2.62 bits per heavy atom. The van der Waals surface area contributed by atoms with E-state index in [1.165, 1.54) is 11.3 Å². The number of likely N-dealkylation sites (tertiary alicyclic amines) is 1. The smallest absolute Gasteiger partial charge is 0.404 e. The van der Waals surface area contributed by atoms with Gasteiger partial charge < -0.3 is 15.3 Å². The number of nitrogens with zero attached hydrogens (tertiary/aromatic N) is 2. The molecule has 2 N–H and O–H groups in total. The topological polar surface area (TPSA) is 82.5 Å². The molecule has 0 bridgehead atoms. The quantitative estimate of drug-likeness (QED) is 0.892. The maximum Gasteiger partial charge on any atom is 0.404 e. The molecule has 24 heavy (non-hydrogen) atoms. The SMILES string of the molecule is Cc1ccc(-c2sc(C)nc2C(=O)N2CCC2CNC(=O)O)cc1. The molecule has 6 nitrogen and oxygen atoms in total. The number of carboxylic acid groups (broad SMARTS) is 1. The molecule has 1 aromatic carbocycles. The summed E-state index contributed by atoms with van der Waals surface area (Å²) in [6.07, 6.45) is -0.270. The van der Waals surface area contributed by atoms with E-state index < -0.39 is 6.09 Å². The van der Waals surface area contributed by atoms with Crippen molar-refractivity contribution in [2.75, 3.05) is 13.1 Å². The molecule has 1 fully saturated rings. The minimum atomic E-state index is -1.07. The van der Waals surface area contributed by atoms with Crippen LogP contribution in [0.4, 0.5) is 4.79 Å². The number of nitrogens with one attached hydrogen (secondary N) is 1. The lowest BCUT2D eigenvalue weighted by molar-refractivity contribution is 0.0458. The highest BCUT2D eigenvalue weighted by Gasteiger charge is 2.35. The first-order valence-corrected chi connectivity index (χ1v) is 8.59. The van der Waals surface area contributed by atoms with E-state index in [-0.39, 0.29) is 18.5 Å². The van der Waals surface area contributed by atoms with Crippen LogP contribution in [0.3, 0.4) is 0 Å². The van der Waals surface area contributed by atoms with E-state index >= 15 is 0 Å². The lowest BCUT2D eigenvalue weighted by Crippen LogP contribution is -2.56. The molecule has 126 valence electrons. The Kier molecular flexibility index (Phi) is 4.53. The number of aryl methyl sites for hydroxylation is 2. The Labute approximate surface area is 144 Å². The molecule has 1 atom stereocenters. The summed E-state index contributed by atoms with van der Waals surface area (Å²) in [5, 5.41) is 11.9. The van der Waals surface area contributed by atoms with Crippen LogP contribution in [0.25, 0.3) is 10.4 Å². The van der Waals surface area contributed by atoms with Gasteiger partial charge in [-0.25, -0.2) is 9.78 Å². The second-order valence-electron chi connectivity index (χ2n) is 5.90. The van der Waals surface area contributed by atoms with E-state index in [1.54, 1.807) is 4.90 Å². The van der Waals surface area contributed by atoms with Gasteiger partial charge in [0.25, 0.3) is 5.91 Å². The summed E-state index contributed by atoms with van der Waals surface area (Å²) in [7, 11) is 0. The minimum Gasteiger partial charge on any atom is -0.465 e. The number of carbonyl (C=O) groups excluding carboxylic acids is 1. The Morgan fingerprint density at radius 1 is 1.33 bits per heavy atom. The van der Waals surface area contributed by atoms with E-state index in [0.29, 0.717) is 12.2 Å². The first-order valence-electron chi connectivity index (χ1n) is 7.78. The highest BCUT2D eigenvalue weighted by molar-refractivity contribution is 7.15. The molecule has 1 aromatic heterocycles. The molecule has 1 aliphatic heterocycles. The summed E-state index contributed by atoms with van der Waals surface area (Å²) in [4.78, 5) is 30.5. The van der Waals surface area contributed by atoms with E-state index in [4.69, 9.17) is 5.11 Å². The minimum absolute atomic E-state index is 0.0959. The van der Waals surface area contributed by atoms with Gasteiger partial charge in [-0.2, -0.15) is 0 Å². The molecular formula is C17H19N3O3S. The van der Waals surface area contributed by atoms with Crippen molar-refractivity contribution in [1.82, 2.24) is 15.2 Å². The maximum atomic E-state index is 12.9. The van der Waals surface area contributed by atoms with Crippen LogP contribution < -0.4 is 5.32 Å². The largest absolute Gasteiger partial charge is 0.465 e. The van der Waals surface area contributed by atoms with Gasteiger partial charge in [-0.15, -0.1) is 11.3 Å². The van der Waals surface area contributed by atoms with Crippen molar-refractivity contribution in [2.24, 2.45) is 0 Å². The van der Waals surface area contributed by atoms with Crippen molar-refractivity contribution in [3.63, 3.8) is 0 Å². The number of amides is 2. The number of hydrogen-bond acceptors (Lipinski definition) is 4. The van der Waals surface area contributed by atoms with Crippen LogP contribution >= 0.6 is 11.3 Å². The van der Waals surface area contributed by atoms with Crippen molar-refractivity contribution in [2.45, 2.75) is 26.3 Å². The van der Waals surface area contributed by atoms with E-state index in [1.807, 2.05) is 38.1 Å². The monoisotopic (exact) mass is 345 g/mol. The zero-order valence-electron chi connectivity index (χ0n) is 13.6. The molecule has 2 heterocycles. The molecule has 1 aliphatic rings. The molecule has 2 aromatic rings. The molecule has 0 aliphatic carbocycles. The lowest BCUT2D eigenvalue weighted by atomic mass is 10.0. The Hall–Kier alpha value is -2.41. The first kappa shape index (κ1) is 16.4. The Morgan fingerprint density at radius 2 is 2.04 bits per heavy atom. The average molecular weight is 345 g/mol. The summed E-state index contributed by atoms with van der Waals surface area (Å²) < 4.78 is 0. The second-order valence-corrected chi connectivity index (χ2v) is 7.11. The number of aromatic nitrogens is 1. The average Bonchev–Trinajstić information content (AvgIpc) is 2.88. The third-order valence-corrected chi connectivity index (χ3v) is 5.16. The highest BCUT2D eigenvalue weighted by Crippen LogP contribution is 2.32. The summed E-state index contributed by atoms with van der Waals surface area (Å²) >= 11 is 1.50. The van der Waals surface area contributed by atoms with Crippen LogP contribution in [0.5, 0.6) is 0 Å². The van der Waals surface area contributed by atoms with Gasteiger partial charge in [0.1, 0.15) is 5.69 Å². The van der Waals surface area contributed by atoms with Gasteiger partial charge >= 0.3 is 6.09 Å². The third kappa shape index (κ3) is 3.26. The number of hydrogen-bond donors (Lipinski definition) is 2. The molecule has 0 spiro atoms. The molecular weight excluding hydrogens is 326 g/mol. The number of benzene rings is 1. The number of carbonyl (C=O) groups is 2. The molecule has 1 saturated heterocycles. The summed E-state index contributed by atoms with van der Waals surface area (Å²) in [5.41, 5.74) is 2.60. The summed E-state index contributed by atoms with van der Waals surface area (Å²) in [5.74, 6) is -0.127. The molecule has 1 unspecified atom stereocenters. The third-order valence-electron chi connectivity index (χ3n) is 4.14. The summed E-state index contributed by atoms with van der Waals surface area (Å²) in [6.45, 7) is 4.80. The van der Waals surface area contributed by atoms with Crippen molar-refractivity contribution < 1.29 is 14.7 Å². The highest BCUT2D eigenvalue weighted by atomic mass is 32.1. The van der Waals surface area contributed by atoms with Crippen molar-refractivity contribution in [3.8, 4) is 10.4 Å². The van der Waals surface area contributed by atoms with Crippen LogP contribution in [0.1, 0.15) is 27.5 Å². The van der Waals surface area contributed by atoms with Crippen LogP contribution in [0.2, 0.25) is 0 Å². The number of rotatable bonds is 4. The van der Waals surface area contributed by atoms with Gasteiger partial charge in [0.15, 0.2) is 0 Å². The predicted octanol–water partition coefficient (Wildman–Crippen LogP) is 2.91. The Bertz CT molecular complexity index is 770. The standard InChI is InChI=1S/C17H19N3O3S/c1-10-3-5-12(6-4-10)15-14(19-11(2)24-15)16(21)20-8-7-13(20)9-18-17(22)23/h3-6,13,18H,7-9H2,1-2H3,(H,22,23). The van der Waals surface area contributed by atoms with Gasteiger partial charge in [-0.1, -0.05) is 29.8 Å². The van der Waals surface area contributed by atoms with Gasteiger partial charge in [-0.05, 0) is 25.8 Å². The Balaban J connectivity index is 1.83. The van der Waals surface area contributed by atoms with Crippen LogP contribution in [-0.4, -0.2) is 46.1 Å². The lowest BCUT2D eigenvalue weighted by Gasteiger charge is -2.40. The fourth-order valence-electron chi connectivity index (χ4n) is 2.73. The zero-order valence-corrected chi connectivity index (χ0v) is 14.4. The fraction of sp³-hybridized carbons (Fsp3) is 0.353. The van der Waals surface area contributed by atoms with Crippen molar-refractivity contribution in [3.05, 3.63) is 40.5 Å². The van der Waals surface area contributed by atoms with E-state index in [2.05, 4.69) is 10.3 Å². The molecule has 2 amide bonds. The van der Waals surface area contributed by atoms with Gasteiger partial charge in [0.2, 0.25) is 0 Å². The first-order chi connectivity index (χ1) is 11.5. The fourth-order valence-corrected chi connectivity index (χ4v) is 3.65.